The van der Waals surface area contributed by atoms with Crippen molar-refractivity contribution < 1.29 is 14.7 Å². The molecule has 1 aliphatic rings. The van der Waals surface area contributed by atoms with Crippen LogP contribution in [0.2, 0.25) is 0 Å². The fourth-order valence-electron chi connectivity index (χ4n) is 2.27. The van der Waals surface area contributed by atoms with Crippen LogP contribution in [0.3, 0.4) is 0 Å². The van der Waals surface area contributed by atoms with Gasteiger partial charge in [-0.2, -0.15) is 11.8 Å². The number of carbonyl (C=O) groups is 2. The van der Waals surface area contributed by atoms with Gasteiger partial charge in [0.05, 0.1) is 5.92 Å². The summed E-state index contributed by atoms with van der Waals surface area (Å²) in [4.78, 5) is 24.8. The zero-order valence-electron chi connectivity index (χ0n) is 11.9. The molecule has 2 unspecified atom stereocenters. The van der Waals surface area contributed by atoms with Crippen LogP contribution in [-0.2, 0) is 4.79 Å². The van der Waals surface area contributed by atoms with Gasteiger partial charge < -0.3 is 15.3 Å². The van der Waals surface area contributed by atoms with Crippen molar-refractivity contribution >= 4 is 23.8 Å². The molecule has 5 nitrogen and oxygen atoms in total. The smallest absolute Gasteiger partial charge is 0.317 e. The minimum Gasteiger partial charge on any atom is -0.481 e. The summed E-state index contributed by atoms with van der Waals surface area (Å²) in [5, 5.41) is 12.4. The Morgan fingerprint density at radius 1 is 1.47 bits per heavy atom. The maximum Gasteiger partial charge on any atom is 0.317 e. The average molecular weight is 288 g/mol. The van der Waals surface area contributed by atoms with E-state index in [1.807, 2.05) is 13.8 Å². The highest BCUT2D eigenvalue weighted by Crippen LogP contribution is 2.20. The first kappa shape index (κ1) is 16.1. The monoisotopic (exact) mass is 288 g/mol. The molecule has 2 amide bonds. The average Bonchev–Trinajstić information content (AvgIpc) is 2.82. The molecule has 1 rings (SSSR count). The van der Waals surface area contributed by atoms with Crippen LogP contribution >= 0.6 is 11.8 Å². The van der Waals surface area contributed by atoms with Crippen LogP contribution in [0.4, 0.5) is 4.79 Å². The molecule has 0 aromatic rings. The molecular weight excluding hydrogens is 264 g/mol. The maximum atomic E-state index is 11.9. The lowest BCUT2D eigenvalue weighted by molar-refractivity contribution is -0.142. The van der Waals surface area contributed by atoms with Crippen molar-refractivity contribution in [3.63, 3.8) is 0 Å². The van der Waals surface area contributed by atoms with Crippen LogP contribution in [-0.4, -0.2) is 53.1 Å². The lowest BCUT2D eigenvalue weighted by Crippen LogP contribution is -2.42. The van der Waals surface area contributed by atoms with E-state index in [2.05, 4.69) is 11.6 Å². The van der Waals surface area contributed by atoms with Crippen molar-refractivity contribution in [1.29, 1.82) is 0 Å². The van der Waals surface area contributed by atoms with Crippen LogP contribution in [0.15, 0.2) is 0 Å². The molecule has 0 aliphatic carbocycles. The van der Waals surface area contributed by atoms with Gasteiger partial charge in [-0.15, -0.1) is 0 Å². The summed E-state index contributed by atoms with van der Waals surface area (Å²) < 4.78 is 0. The van der Waals surface area contributed by atoms with E-state index < -0.39 is 11.9 Å². The van der Waals surface area contributed by atoms with Crippen molar-refractivity contribution in [2.24, 2.45) is 11.8 Å². The normalized spacial score (nSPS) is 20.6. The first-order valence-corrected chi connectivity index (χ1v) is 8.01. The van der Waals surface area contributed by atoms with Gasteiger partial charge in [0, 0.05) is 24.9 Å². The number of thioether (sulfide) groups is 1. The van der Waals surface area contributed by atoms with Crippen LogP contribution in [0, 0.1) is 11.8 Å². The Morgan fingerprint density at radius 3 is 2.63 bits per heavy atom. The summed E-state index contributed by atoms with van der Waals surface area (Å²) >= 11 is 1.78. The minimum atomic E-state index is -0.836. The maximum absolute atomic E-state index is 11.9. The van der Waals surface area contributed by atoms with E-state index in [1.54, 1.807) is 16.7 Å². The van der Waals surface area contributed by atoms with E-state index >= 15 is 0 Å². The van der Waals surface area contributed by atoms with Gasteiger partial charge in [-0.25, -0.2) is 4.79 Å². The number of hydrogen-bond donors (Lipinski definition) is 2. The number of nitrogens with zero attached hydrogens (tertiary/aromatic N) is 1. The second-order valence-electron chi connectivity index (χ2n) is 5.44. The van der Waals surface area contributed by atoms with Crippen LogP contribution in [0.25, 0.3) is 0 Å². The molecule has 1 saturated heterocycles. The van der Waals surface area contributed by atoms with E-state index in [9.17, 15) is 9.59 Å². The summed E-state index contributed by atoms with van der Waals surface area (Å²) in [7, 11) is 0. The van der Waals surface area contributed by atoms with E-state index in [0.717, 1.165) is 19.5 Å². The summed E-state index contributed by atoms with van der Waals surface area (Å²) in [5.41, 5.74) is 0. The quantitative estimate of drug-likeness (QED) is 0.783. The number of rotatable bonds is 6. The molecule has 0 aromatic carbocycles. The molecular formula is C13H24N2O3S. The standard InChI is InChI=1S/C13H24N2O3S/c1-9(2)6-10(12(16)17)7-14-13(18)15-5-4-11(8-15)19-3/h9-11H,4-8H2,1-3H3,(H,14,18)(H,16,17). The topological polar surface area (TPSA) is 69.6 Å². The molecule has 0 radical (unpaired) electrons. The number of aliphatic carboxylic acids is 1. The number of likely N-dealkylation sites (tertiary alicyclic amines) is 1. The van der Waals surface area contributed by atoms with Crippen molar-refractivity contribution in [2.45, 2.75) is 31.9 Å². The fourth-order valence-corrected chi connectivity index (χ4v) is 2.94. The van der Waals surface area contributed by atoms with Gasteiger partial charge in [-0.3, -0.25) is 4.79 Å². The van der Waals surface area contributed by atoms with E-state index in [-0.39, 0.29) is 12.6 Å². The third-order valence-electron chi connectivity index (χ3n) is 3.37. The predicted molar refractivity (Wildman–Crippen MR) is 77.5 cm³/mol. The Morgan fingerprint density at radius 2 is 2.16 bits per heavy atom. The van der Waals surface area contributed by atoms with Crippen LogP contribution in [0.5, 0.6) is 0 Å². The van der Waals surface area contributed by atoms with Crippen molar-refractivity contribution in [2.75, 3.05) is 25.9 Å². The lowest BCUT2D eigenvalue weighted by atomic mass is 9.97. The third kappa shape index (κ3) is 5.30. The molecule has 2 N–H and O–H groups in total. The van der Waals surface area contributed by atoms with Gasteiger partial charge in [0.25, 0.3) is 0 Å². The molecule has 1 aliphatic heterocycles. The number of urea groups is 1. The number of carbonyl (C=O) groups excluding carboxylic acids is 1. The molecule has 1 fully saturated rings. The largest absolute Gasteiger partial charge is 0.481 e. The van der Waals surface area contributed by atoms with Crippen molar-refractivity contribution in [3.8, 4) is 0 Å². The molecule has 0 saturated carbocycles. The van der Waals surface area contributed by atoms with Crippen LogP contribution in [0.1, 0.15) is 26.7 Å². The summed E-state index contributed by atoms with van der Waals surface area (Å²) in [5.74, 6) is -1.02. The predicted octanol–water partition coefficient (Wildman–Crippen LogP) is 1.88. The zero-order chi connectivity index (χ0) is 14.4. The molecule has 19 heavy (non-hydrogen) atoms. The Kier molecular flexibility index (Phi) is 6.48. The number of carboxylic acid groups (broad SMARTS) is 1. The molecule has 0 spiro atoms. The number of amides is 2. The Balaban J connectivity index is 2.37. The van der Waals surface area contributed by atoms with Gasteiger partial charge in [-0.1, -0.05) is 13.8 Å². The molecule has 2 atom stereocenters. The zero-order valence-corrected chi connectivity index (χ0v) is 12.7. The lowest BCUT2D eigenvalue weighted by Gasteiger charge is -2.20. The van der Waals surface area contributed by atoms with E-state index in [4.69, 9.17) is 5.11 Å². The number of carboxylic acids is 1. The molecule has 110 valence electrons. The van der Waals surface area contributed by atoms with E-state index in [1.165, 1.54) is 0 Å². The Hall–Kier alpha value is -0.910. The second kappa shape index (κ2) is 7.62. The van der Waals surface area contributed by atoms with Crippen molar-refractivity contribution in [1.82, 2.24) is 10.2 Å². The van der Waals surface area contributed by atoms with Gasteiger partial charge in [0.2, 0.25) is 0 Å². The summed E-state index contributed by atoms with van der Waals surface area (Å²) in [6.45, 7) is 5.71. The number of hydrogen-bond acceptors (Lipinski definition) is 3. The highest BCUT2D eigenvalue weighted by atomic mass is 32.2. The molecule has 0 aromatic heterocycles. The first-order valence-electron chi connectivity index (χ1n) is 6.72. The highest BCUT2D eigenvalue weighted by Gasteiger charge is 2.26. The minimum absolute atomic E-state index is 0.133. The summed E-state index contributed by atoms with van der Waals surface area (Å²) in [6.07, 6.45) is 3.65. The first-order chi connectivity index (χ1) is 8.93. The Bertz CT molecular complexity index is 323. The third-order valence-corrected chi connectivity index (χ3v) is 4.42. The molecule has 6 heteroatoms. The molecule has 1 heterocycles. The van der Waals surface area contributed by atoms with Gasteiger partial charge in [0.1, 0.15) is 0 Å². The Labute approximate surface area is 119 Å². The van der Waals surface area contributed by atoms with Crippen LogP contribution < -0.4 is 5.32 Å². The number of nitrogens with one attached hydrogen (secondary N) is 1. The van der Waals surface area contributed by atoms with Gasteiger partial charge in [0.15, 0.2) is 0 Å². The van der Waals surface area contributed by atoms with Crippen molar-refractivity contribution in [3.05, 3.63) is 0 Å². The second-order valence-corrected chi connectivity index (χ2v) is 6.58. The summed E-state index contributed by atoms with van der Waals surface area (Å²) in [6, 6.07) is -0.133. The van der Waals surface area contributed by atoms with Gasteiger partial charge >= 0.3 is 12.0 Å². The SMILES string of the molecule is CSC1CCN(C(=O)NCC(CC(C)C)C(=O)O)C1. The van der Waals surface area contributed by atoms with Gasteiger partial charge in [-0.05, 0) is 25.0 Å². The highest BCUT2D eigenvalue weighted by molar-refractivity contribution is 7.99. The molecule has 0 bridgehead atoms. The fraction of sp³-hybridized carbons (Fsp3) is 0.846. The van der Waals surface area contributed by atoms with E-state index in [0.29, 0.717) is 17.6 Å².